The highest BCUT2D eigenvalue weighted by molar-refractivity contribution is 7.91. The van der Waals surface area contributed by atoms with Gasteiger partial charge in [-0.2, -0.15) is 0 Å². The monoisotopic (exact) mass is 283 g/mol. The molecule has 106 valence electrons. The van der Waals surface area contributed by atoms with Crippen molar-refractivity contribution >= 4 is 21.3 Å². The van der Waals surface area contributed by atoms with Gasteiger partial charge in [-0.25, -0.2) is 8.42 Å². The average molecular weight is 283 g/mol. The topological polar surface area (TPSA) is 54.5 Å². The minimum atomic E-state index is -2.97. The van der Waals surface area contributed by atoms with Crippen molar-refractivity contribution in [3.8, 4) is 0 Å². The van der Waals surface area contributed by atoms with Gasteiger partial charge in [0.05, 0.1) is 5.75 Å². The Morgan fingerprint density at radius 1 is 1.16 bits per heavy atom. The highest BCUT2D eigenvalue weighted by Gasteiger charge is 2.10. The Labute approximate surface area is 115 Å². The van der Waals surface area contributed by atoms with Crippen molar-refractivity contribution < 1.29 is 13.2 Å². The van der Waals surface area contributed by atoms with Crippen LogP contribution in [0.4, 0.5) is 5.69 Å². The lowest BCUT2D eigenvalue weighted by Gasteiger charge is -2.12. The van der Waals surface area contributed by atoms with Crippen LogP contribution in [0.15, 0.2) is 24.3 Å². The number of Topliss-reactive ketones (excluding diaryl/α,β-unsaturated/α-hetero) is 1. The molecule has 0 aliphatic heterocycles. The Bertz CT molecular complexity index is 518. The second-order valence-corrected chi connectivity index (χ2v) is 7.18. The maximum absolute atomic E-state index is 11.9. The van der Waals surface area contributed by atoms with Crippen LogP contribution in [-0.2, 0) is 9.84 Å². The zero-order valence-electron chi connectivity index (χ0n) is 11.7. The van der Waals surface area contributed by atoms with E-state index in [0.717, 1.165) is 5.69 Å². The van der Waals surface area contributed by atoms with Crippen molar-refractivity contribution in [3.05, 3.63) is 29.8 Å². The quantitative estimate of drug-likeness (QED) is 0.720. The first-order chi connectivity index (χ1) is 8.85. The van der Waals surface area contributed by atoms with Crippen molar-refractivity contribution in [1.29, 1.82) is 0 Å². The molecule has 1 rings (SSSR count). The fourth-order valence-corrected chi connectivity index (χ4v) is 2.56. The zero-order chi connectivity index (χ0) is 14.5. The average Bonchev–Trinajstić information content (AvgIpc) is 2.38. The lowest BCUT2D eigenvalue weighted by Crippen LogP contribution is -2.11. The van der Waals surface area contributed by atoms with Crippen LogP contribution in [0.5, 0.6) is 0 Å². The van der Waals surface area contributed by atoms with Gasteiger partial charge in [-0.3, -0.25) is 4.79 Å². The van der Waals surface area contributed by atoms with Crippen LogP contribution in [0.2, 0.25) is 0 Å². The van der Waals surface area contributed by atoms with Gasteiger partial charge in [0.2, 0.25) is 0 Å². The summed E-state index contributed by atoms with van der Waals surface area (Å²) in [6.07, 6.45) is 0.672. The minimum absolute atomic E-state index is 0.00314. The number of carbonyl (C=O) groups excluding carboxylic acids is 1. The number of hydrogen-bond donors (Lipinski definition) is 0. The van der Waals surface area contributed by atoms with E-state index in [-0.39, 0.29) is 23.7 Å². The summed E-state index contributed by atoms with van der Waals surface area (Å²) in [7, 11) is 0.900. The van der Waals surface area contributed by atoms with Gasteiger partial charge in [0, 0.05) is 37.5 Å². The third-order valence-corrected chi connectivity index (χ3v) is 4.80. The van der Waals surface area contributed by atoms with Crippen molar-refractivity contribution in [1.82, 2.24) is 0 Å². The van der Waals surface area contributed by atoms with Crippen LogP contribution in [0.25, 0.3) is 0 Å². The number of rotatable bonds is 7. The molecular weight excluding hydrogens is 262 g/mol. The number of nitrogens with zero attached hydrogens (tertiary/aromatic N) is 1. The van der Waals surface area contributed by atoms with Crippen molar-refractivity contribution in [2.45, 2.75) is 19.8 Å². The summed E-state index contributed by atoms with van der Waals surface area (Å²) < 4.78 is 22.6. The molecule has 0 heterocycles. The van der Waals surface area contributed by atoms with E-state index in [1.165, 1.54) is 0 Å². The molecule has 0 atom stereocenters. The van der Waals surface area contributed by atoms with E-state index in [9.17, 15) is 13.2 Å². The largest absolute Gasteiger partial charge is 0.378 e. The first-order valence-corrected chi connectivity index (χ1v) is 8.19. The van der Waals surface area contributed by atoms with Crippen LogP contribution in [0.1, 0.15) is 30.1 Å². The number of anilines is 1. The molecule has 0 aromatic heterocycles. The number of hydrogen-bond acceptors (Lipinski definition) is 4. The molecule has 0 unspecified atom stereocenters. The predicted molar refractivity (Wildman–Crippen MR) is 78.7 cm³/mol. The van der Waals surface area contributed by atoms with E-state index in [0.29, 0.717) is 12.0 Å². The normalized spacial score (nSPS) is 11.3. The van der Waals surface area contributed by atoms with E-state index in [1.54, 1.807) is 19.1 Å². The van der Waals surface area contributed by atoms with Crippen LogP contribution in [-0.4, -0.2) is 39.8 Å². The van der Waals surface area contributed by atoms with Crippen LogP contribution < -0.4 is 4.90 Å². The van der Waals surface area contributed by atoms with Gasteiger partial charge in [-0.15, -0.1) is 0 Å². The Balaban J connectivity index is 2.55. The van der Waals surface area contributed by atoms with E-state index < -0.39 is 9.84 Å². The smallest absolute Gasteiger partial charge is 0.162 e. The second-order valence-electron chi connectivity index (χ2n) is 4.70. The van der Waals surface area contributed by atoms with Gasteiger partial charge in [-0.1, -0.05) is 6.92 Å². The predicted octanol–water partition coefficient (Wildman–Crippen LogP) is 2.15. The number of benzene rings is 1. The van der Waals surface area contributed by atoms with E-state index >= 15 is 0 Å². The molecule has 0 spiro atoms. The van der Waals surface area contributed by atoms with Crippen molar-refractivity contribution in [2.24, 2.45) is 0 Å². The first kappa shape index (κ1) is 15.7. The fraction of sp³-hybridized carbons (Fsp3) is 0.500. The molecule has 0 saturated heterocycles. The highest BCUT2D eigenvalue weighted by Crippen LogP contribution is 2.14. The number of sulfone groups is 1. The molecule has 0 N–H and O–H groups in total. The van der Waals surface area contributed by atoms with Crippen LogP contribution in [0.3, 0.4) is 0 Å². The van der Waals surface area contributed by atoms with Gasteiger partial charge in [0.1, 0.15) is 9.84 Å². The molecule has 1 aromatic rings. The summed E-state index contributed by atoms with van der Waals surface area (Å²) in [5, 5.41) is 0. The Kier molecular flexibility index (Phi) is 5.54. The lowest BCUT2D eigenvalue weighted by molar-refractivity contribution is 0.0982. The van der Waals surface area contributed by atoms with Gasteiger partial charge in [0.15, 0.2) is 5.78 Å². The zero-order valence-corrected chi connectivity index (χ0v) is 12.5. The summed E-state index contributed by atoms with van der Waals surface area (Å²) in [5.41, 5.74) is 1.67. The highest BCUT2D eigenvalue weighted by atomic mass is 32.2. The number of carbonyl (C=O) groups is 1. The van der Waals surface area contributed by atoms with Crippen molar-refractivity contribution in [2.75, 3.05) is 30.5 Å². The van der Waals surface area contributed by atoms with Gasteiger partial charge >= 0.3 is 0 Å². The first-order valence-electron chi connectivity index (χ1n) is 6.36. The second kappa shape index (κ2) is 6.70. The molecule has 19 heavy (non-hydrogen) atoms. The lowest BCUT2D eigenvalue weighted by atomic mass is 10.1. The van der Waals surface area contributed by atoms with E-state index in [4.69, 9.17) is 0 Å². The molecule has 0 amide bonds. The molecule has 0 fully saturated rings. The fourth-order valence-electron chi connectivity index (χ4n) is 1.69. The Hall–Kier alpha value is -1.36. The van der Waals surface area contributed by atoms with E-state index in [1.807, 2.05) is 31.1 Å². The molecule has 0 aliphatic rings. The van der Waals surface area contributed by atoms with Gasteiger partial charge in [-0.05, 0) is 30.7 Å². The Morgan fingerprint density at radius 3 is 2.21 bits per heavy atom. The van der Waals surface area contributed by atoms with Crippen molar-refractivity contribution in [3.63, 3.8) is 0 Å². The summed E-state index contributed by atoms with van der Waals surface area (Å²) in [6, 6.07) is 7.34. The maximum Gasteiger partial charge on any atom is 0.162 e. The molecule has 5 heteroatoms. The standard InChI is InChI=1S/C14H21NO3S/c1-4-19(17,18)11-5-6-14(16)12-7-9-13(10-8-12)15(2)3/h7-10H,4-6,11H2,1-3H3. The molecule has 0 radical (unpaired) electrons. The van der Waals surface area contributed by atoms with Crippen LogP contribution in [0, 0.1) is 0 Å². The molecule has 0 aliphatic carbocycles. The summed E-state index contributed by atoms with van der Waals surface area (Å²) in [6.45, 7) is 1.62. The third-order valence-electron chi connectivity index (χ3n) is 3.00. The SMILES string of the molecule is CCS(=O)(=O)CCCC(=O)c1ccc(N(C)C)cc1. The van der Waals surface area contributed by atoms with Gasteiger partial charge in [0.25, 0.3) is 0 Å². The number of ketones is 1. The van der Waals surface area contributed by atoms with Gasteiger partial charge < -0.3 is 4.90 Å². The Morgan fingerprint density at radius 2 is 1.74 bits per heavy atom. The summed E-state index contributed by atoms with van der Waals surface area (Å²) >= 11 is 0. The van der Waals surface area contributed by atoms with E-state index in [2.05, 4.69) is 0 Å². The minimum Gasteiger partial charge on any atom is -0.378 e. The van der Waals surface area contributed by atoms with Crippen LogP contribution >= 0.6 is 0 Å². The summed E-state index contributed by atoms with van der Waals surface area (Å²) in [5.74, 6) is 0.223. The maximum atomic E-state index is 11.9. The molecule has 0 saturated carbocycles. The molecule has 4 nitrogen and oxygen atoms in total. The molecule has 1 aromatic carbocycles. The summed E-state index contributed by atoms with van der Waals surface area (Å²) in [4.78, 5) is 13.9. The third kappa shape index (κ3) is 5.03. The molecular formula is C14H21NO3S. The molecule has 0 bridgehead atoms.